The van der Waals surface area contributed by atoms with Gasteiger partial charge in [-0.25, -0.2) is 22.0 Å². The van der Waals surface area contributed by atoms with E-state index in [1.54, 1.807) is 0 Å². The molecule has 1 aliphatic rings. The van der Waals surface area contributed by atoms with Gasteiger partial charge in [0.25, 0.3) is 0 Å². The van der Waals surface area contributed by atoms with Crippen LogP contribution in [-0.2, 0) is 4.74 Å². The molecule has 0 bridgehead atoms. The van der Waals surface area contributed by atoms with E-state index in [4.69, 9.17) is 10.5 Å². The molecule has 1 aromatic carbocycles. The van der Waals surface area contributed by atoms with E-state index >= 15 is 0 Å². The van der Waals surface area contributed by atoms with Crippen LogP contribution in [0.5, 0.6) is 0 Å². The van der Waals surface area contributed by atoms with Gasteiger partial charge in [-0.1, -0.05) is 0 Å². The number of rotatable bonds is 4. The maximum atomic E-state index is 13.7. The second kappa shape index (κ2) is 6.57. The van der Waals surface area contributed by atoms with Crippen molar-refractivity contribution in [3.63, 3.8) is 0 Å². The first-order valence-corrected chi connectivity index (χ1v) is 6.55. The van der Waals surface area contributed by atoms with Crippen molar-refractivity contribution in [2.45, 2.75) is 18.9 Å². The van der Waals surface area contributed by atoms with Gasteiger partial charge >= 0.3 is 0 Å². The van der Waals surface area contributed by atoms with Gasteiger partial charge in [-0.3, -0.25) is 0 Å². The highest BCUT2D eigenvalue weighted by Gasteiger charge is 2.31. The summed E-state index contributed by atoms with van der Waals surface area (Å²) in [7, 11) is 0. The molecule has 2 N–H and O–H groups in total. The number of ether oxygens (including phenoxy) is 1. The normalized spacial score (nSPS) is 16.6. The minimum absolute atomic E-state index is 0.119. The first-order valence-electron chi connectivity index (χ1n) is 6.55. The van der Waals surface area contributed by atoms with Crippen LogP contribution in [0.4, 0.5) is 27.6 Å². The van der Waals surface area contributed by atoms with Crippen LogP contribution in [0, 0.1) is 29.1 Å². The molecule has 3 nitrogen and oxygen atoms in total. The number of nitrogens with two attached hydrogens (primary N) is 1. The Morgan fingerprint density at radius 2 is 1.38 bits per heavy atom. The monoisotopic (exact) mass is 310 g/mol. The number of hydrogen-bond acceptors (Lipinski definition) is 3. The van der Waals surface area contributed by atoms with Crippen molar-refractivity contribution in [1.82, 2.24) is 0 Å². The molecular formula is C13H15F5N2O. The molecule has 0 saturated carbocycles. The summed E-state index contributed by atoms with van der Waals surface area (Å²) in [4.78, 5) is 1.15. The fraction of sp³-hybridized carbons (Fsp3) is 0.538. The lowest BCUT2D eigenvalue weighted by molar-refractivity contribution is 0.0420. The van der Waals surface area contributed by atoms with Crippen LogP contribution in [0.3, 0.4) is 0 Å². The number of halogens is 5. The highest BCUT2D eigenvalue weighted by molar-refractivity contribution is 5.50. The topological polar surface area (TPSA) is 38.5 Å². The van der Waals surface area contributed by atoms with E-state index in [-0.39, 0.29) is 19.2 Å². The molecule has 118 valence electrons. The maximum absolute atomic E-state index is 13.7. The van der Waals surface area contributed by atoms with Crippen LogP contribution in [0.15, 0.2) is 0 Å². The number of anilines is 1. The molecule has 21 heavy (non-hydrogen) atoms. The Kier molecular flexibility index (Phi) is 5.00. The minimum atomic E-state index is -2.14. The molecule has 0 atom stereocenters. The third kappa shape index (κ3) is 3.11. The van der Waals surface area contributed by atoms with Gasteiger partial charge in [0.05, 0.1) is 12.7 Å². The highest BCUT2D eigenvalue weighted by atomic mass is 19.2. The van der Waals surface area contributed by atoms with Crippen LogP contribution in [0.2, 0.25) is 0 Å². The van der Waals surface area contributed by atoms with Gasteiger partial charge in [0, 0.05) is 19.6 Å². The lowest BCUT2D eigenvalue weighted by Gasteiger charge is -2.33. The zero-order chi connectivity index (χ0) is 15.6. The zero-order valence-electron chi connectivity index (χ0n) is 11.1. The summed E-state index contributed by atoms with van der Waals surface area (Å²) in [6.45, 7) is 1.02. The van der Waals surface area contributed by atoms with Gasteiger partial charge < -0.3 is 15.4 Å². The Morgan fingerprint density at radius 3 is 1.86 bits per heavy atom. The maximum Gasteiger partial charge on any atom is 0.200 e. The zero-order valence-corrected chi connectivity index (χ0v) is 11.1. The Balaban J connectivity index is 2.17. The molecule has 0 spiro atoms. The third-order valence-corrected chi connectivity index (χ3v) is 3.42. The van der Waals surface area contributed by atoms with Crippen molar-refractivity contribution >= 4 is 5.69 Å². The van der Waals surface area contributed by atoms with Crippen LogP contribution in [0.1, 0.15) is 12.8 Å². The van der Waals surface area contributed by atoms with Crippen molar-refractivity contribution in [2.75, 3.05) is 31.1 Å². The number of nitrogens with zero attached hydrogens (tertiary/aromatic N) is 1. The summed E-state index contributed by atoms with van der Waals surface area (Å²) in [5.41, 5.74) is 4.43. The summed E-state index contributed by atoms with van der Waals surface area (Å²) in [6.07, 6.45) is 0.741. The summed E-state index contributed by atoms with van der Waals surface area (Å²) < 4.78 is 72.1. The van der Waals surface area contributed by atoms with E-state index in [2.05, 4.69) is 0 Å². The molecule has 1 heterocycles. The predicted octanol–water partition coefficient (Wildman–Crippen LogP) is 2.33. The van der Waals surface area contributed by atoms with Crippen LogP contribution < -0.4 is 10.6 Å². The highest BCUT2D eigenvalue weighted by Crippen LogP contribution is 2.32. The number of piperidine rings is 1. The molecule has 1 aromatic rings. The van der Waals surface area contributed by atoms with Crippen molar-refractivity contribution in [3.8, 4) is 0 Å². The van der Waals surface area contributed by atoms with E-state index in [0.29, 0.717) is 26.0 Å². The fourth-order valence-electron chi connectivity index (χ4n) is 2.35. The Labute approximate surface area is 118 Å². The molecule has 1 fully saturated rings. The summed E-state index contributed by atoms with van der Waals surface area (Å²) >= 11 is 0. The van der Waals surface area contributed by atoms with Crippen molar-refractivity contribution in [3.05, 3.63) is 29.1 Å². The molecule has 0 aliphatic carbocycles. The SMILES string of the molecule is NCCOC1CCN(c2c(F)c(F)c(F)c(F)c2F)CC1. The molecule has 0 radical (unpaired) electrons. The van der Waals surface area contributed by atoms with E-state index < -0.39 is 34.8 Å². The molecule has 1 aliphatic heterocycles. The lowest BCUT2D eigenvalue weighted by Crippen LogP contribution is -2.39. The van der Waals surface area contributed by atoms with Gasteiger partial charge in [-0.05, 0) is 12.8 Å². The summed E-state index contributed by atoms with van der Waals surface area (Å²) in [6, 6.07) is 0. The van der Waals surface area contributed by atoms with E-state index in [9.17, 15) is 22.0 Å². The Bertz CT molecular complexity index is 489. The second-order valence-corrected chi connectivity index (χ2v) is 4.76. The second-order valence-electron chi connectivity index (χ2n) is 4.76. The van der Waals surface area contributed by atoms with Gasteiger partial charge in [-0.15, -0.1) is 0 Å². The fourth-order valence-corrected chi connectivity index (χ4v) is 2.35. The van der Waals surface area contributed by atoms with Gasteiger partial charge in [0.15, 0.2) is 23.3 Å². The standard InChI is InChI=1S/C13H15F5N2O/c14-8-9(15)11(17)13(12(18)10(8)16)20-4-1-7(2-5-20)21-6-3-19/h7H,1-6,19H2. The number of benzene rings is 1. The molecule has 0 aromatic heterocycles. The number of hydrogen-bond donors (Lipinski definition) is 1. The average Bonchev–Trinajstić information content (AvgIpc) is 2.50. The first-order chi connectivity index (χ1) is 9.97. The van der Waals surface area contributed by atoms with Crippen molar-refractivity contribution in [2.24, 2.45) is 5.73 Å². The van der Waals surface area contributed by atoms with Crippen LogP contribution in [0.25, 0.3) is 0 Å². The van der Waals surface area contributed by atoms with E-state index in [1.807, 2.05) is 0 Å². The average molecular weight is 310 g/mol. The molecule has 2 rings (SSSR count). The Hall–Kier alpha value is -1.41. The van der Waals surface area contributed by atoms with Crippen molar-refractivity contribution < 1.29 is 26.7 Å². The van der Waals surface area contributed by atoms with Gasteiger partial charge in [0.2, 0.25) is 5.82 Å². The molecule has 1 saturated heterocycles. The lowest BCUT2D eigenvalue weighted by atomic mass is 10.1. The molecule has 8 heteroatoms. The van der Waals surface area contributed by atoms with Gasteiger partial charge in [0.1, 0.15) is 5.69 Å². The van der Waals surface area contributed by atoms with E-state index in [0.717, 1.165) is 4.90 Å². The Morgan fingerprint density at radius 1 is 0.905 bits per heavy atom. The minimum Gasteiger partial charge on any atom is -0.377 e. The van der Waals surface area contributed by atoms with Gasteiger partial charge in [-0.2, -0.15) is 0 Å². The molecular weight excluding hydrogens is 295 g/mol. The smallest absolute Gasteiger partial charge is 0.200 e. The quantitative estimate of drug-likeness (QED) is 0.527. The molecule has 0 unspecified atom stereocenters. The first kappa shape index (κ1) is 16.0. The third-order valence-electron chi connectivity index (χ3n) is 3.42. The summed E-state index contributed by atoms with van der Waals surface area (Å²) in [5, 5.41) is 0. The largest absolute Gasteiger partial charge is 0.377 e. The summed E-state index contributed by atoms with van der Waals surface area (Å²) in [5.74, 6) is -9.59. The van der Waals surface area contributed by atoms with E-state index in [1.165, 1.54) is 0 Å². The van der Waals surface area contributed by atoms with Crippen LogP contribution >= 0.6 is 0 Å². The predicted molar refractivity (Wildman–Crippen MR) is 66.5 cm³/mol. The van der Waals surface area contributed by atoms with Crippen molar-refractivity contribution in [1.29, 1.82) is 0 Å². The van der Waals surface area contributed by atoms with Crippen LogP contribution in [-0.4, -0.2) is 32.3 Å². The molecule has 0 amide bonds.